The molecule has 14 heavy (non-hydrogen) atoms. The van der Waals surface area contributed by atoms with Crippen LogP contribution in [0.3, 0.4) is 0 Å². The Labute approximate surface area is 80.0 Å². The molecule has 2 N–H and O–H groups in total. The van der Waals surface area contributed by atoms with Gasteiger partial charge in [-0.05, 0) is 24.6 Å². The van der Waals surface area contributed by atoms with Crippen molar-refractivity contribution < 1.29 is 9.59 Å². The minimum atomic E-state index is 0.317. The predicted molar refractivity (Wildman–Crippen MR) is 51.2 cm³/mol. The van der Waals surface area contributed by atoms with E-state index in [-0.39, 0.29) is 0 Å². The average Bonchev–Trinajstić information content (AvgIpc) is 2.14. The third-order valence-electron chi connectivity index (χ3n) is 1.75. The molecule has 1 aromatic carbocycles. The highest BCUT2D eigenvalue weighted by molar-refractivity contribution is 5.70. The average molecular weight is 189 g/mol. The molecule has 0 fully saturated rings. The quantitative estimate of drug-likeness (QED) is 0.434. The van der Waals surface area contributed by atoms with Gasteiger partial charge in [-0.1, -0.05) is 0 Å². The van der Waals surface area contributed by atoms with Crippen molar-refractivity contribution in [2.45, 2.75) is 6.92 Å². The van der Waals surface area contributed by atoms with Crippen molar-refractivity contribution in [3.8, 4) is 0 Å². The molecule has 0 heterocycles. The van der Waals surface area contributed by atoms with E-state index in [0.717, 1.165) is 0 Å². The molecule has 5 heteroatoms. The Morgan fingerprint density at radius 1 is 1.21 bits per heavy atom. The van der Waals surface area contributed by atoms with Crippen LogP contribution in [0.5, 0.6) is 0 Å². The summed E-state index contributed by atoms with van der Waals surface area (Å²) in [4.78, 5) is 26.9. The van der Waals surface area contributed by atoms with Crippen molar-refractivity contribution in [1.82, 2.24) is 0 Å². The van der Waals surface area contributed by atoms with Gasteiger partial charge in [0.15, 0.2) is 0 Å². The zero-order chi connectivity index (χ0) is 10.6. The van der Waals surface area contributed by atoms with Crippen LogP contribution in [0.1, 0.15) is 5.56 Å². The van der Waals surface area contributed by atoms with Crippen LogP contribution in [0.25, 0.3) is 0 Å². The van der Waals surface area contributed by atoms with E-state index >= 15 is 0 Å². The topological polar surface area (TPSA) is 84.9 Å². The third kappa shape index (κ3) is 1.93. The molecule has 0 aliphatic rings. The summed E-state index contributed by atoms with van der Waals surface area (Å²) in [5.74, 6) is 0. The maximum absolute atomic E-state index is 10.1. The van der Waals surface area contributed by atoms with E-state index in [1.807, 2.05) is 0 Å². The number of aliphatic imine (C=N–C) groups is 2. The predicted octanol–water partition coefficient (Wildman–Crippen LogP) is 1.51. The zero-order valence-electron chi connectivity index (χ0n) is 7.44. The van der Waals surface area contributed by atoms with E-state index in [9.17, 15) is 9.59 Å². The van der Waals surface area contributed by atoms with Crippen molar-refractivity contribution in [3.05, 3.63) is 17.7 Å². The Bertz CT molecular complexity index is 455. The van der Waals surface area contributed by atoms with Gasteiger partial charge in [-0.25, -0.2) is 9.59 Å². The van der Waals surface area contributed by atoms with Crippen LogP contribution < -0.4 is 5.73 Å². The highest BCUT2D eigenvalue weighted by Crippen LogP contribution is 2.29. The first kappa shape index (κ1) is 9.86. The largest absolute Gasteiger partial charge is 0.398 e. The third-order valence-corrected chi connectivity index (χ3v) is 1.75. The van der Waals surface area contributed by atoms with Crippen molar-refractivity contribution in [1.29, 1.82) is 0 Å². The van der Waals surface area contributed by atoms with Gasteiger partial charge in [0.25, 0.3) is 0 Å². The summed E-state index contributed by atoms with van der Waals surface area (Å²) in [6, 6.07) is 2.96. The molecule has 0 saturated carbocycles. The molecule has 0 aromatic heterocycles. The summed E-state index contributed by atoms with van der Waals surface area (Å²) >= 11 is 0. The number of nitrogen functional groups attached to an aromatic ring is 1. The fourth-order valence-corrected chi connectivity index (χ4v) is 0.988. The molecule has 0 aliphatic carbocycles. The van der Waals surface area contributed by atoms with Gasteiger partial charge in [-0.2, -0.15) is 9.98 Å². The molecule has 1 rings (SSSR count). The van der Waals surface area contributed by atoms with Gasteiger partial charge in [-0.3, -0.25) is 0 Å². The molecule has 1 aromatic rings. The number of nitrogens with zero attached hydrogens (tertiary/aromatic N) is 2. The molecule has 70 valence electrons. The van der Waals surface area contributed by atoms with Crippen molar-refractivity contribution >= 4 is 29.2 Å². The maximum Gasteiger partial charge on any atom is 0.240 e. The lowest BCUT2D eigenvalue weighted by molar-refractivity contribution is 0.565. The molecule has 5 nitrogen and oxygen atoms in total. The molecule has 0 spiro atoms. The molecule has 0 aliphatic heterocycles. The standard InChI is InChI=1S/C9H7N3O2/c1-6-8(10)2-7(11-4-13)3-9(6)12-5-14/h2-3H,10H2,1H3. The minimum Gasteiger partial charge on any atom is -0.398 e. The highest BCUT2D eigenvalue weighted by atomic mass is 16.1. The first-order valence-corrected chi connectivity index (χ1v) is 3.75. The van der Waals surface area contributed by atoms with E-state index in [4.69, 9.17) is 5.73 Å². The Morgan fingerprint density at radius 3 is 2.43 bits per heavy atom. The molecule has 0 amide bonds. The summed E-state index contributed by atoms with van der Waals surface area (Å²) in [6.07, 6.45) is 2.78. The molecule has 0 atom stereocenters. The Hall–Kier alpha value is -2.22. The summed E-state index contributed by atoms with van der Waals surface area (Å²) < 4.78 is 0. The number of isocyanates is 2. The zero-order valence-corrected chi connectivity index (χ0v) is 7.44. The number of hydrogen-bond acceptors (Lipinski definition) is 5. The van der Waals surface area contributed by atoms with Gasteiger partial charge in [0.1, 0.15) is 0 Å². The Kier molecular flexibility index (Phi) is 2.92. The summed E-state index contributed by atoms with van der Waals surface area (Å²) in [5, 5.41) is 0. The van der Waals surface area contributed by atoms with Gasteiger partial charge in [0, 0.05) is 5.69 Å². The van der Waals surface area contributed by atoms with E-state index in [2.05, 4.69) is 9.98 Å². The molecule has 0 unspecified atom stereocenters. The van der Waals surface area contributed by atoms with Crippen molar-refractivity contribution in [3.63, 3.8) is 0 Å². The van der Waals surface area contributed by atoms with E-state index in [0.29, 0.717) is 22.6 Å². The second-order valence-electron chi connectivity index (χ2n) is 2.59. The molecule has 0 bridgehead atoms. The second-order valence-corrected chi connectivity index (χ2v) is 2.59. The van der Waals surface area contributed by atoms with E-state index in [1.54, 1.807) is 6.92 Å². The van der Waals surface area contributed by atoms with Crippen molar-refractivity contribution in [2.75, 3.05) is 5.73 Å². The fraction of sp³-hybridized carbons (Fsp3) is 0.111. The van der Waals surface area contributed by atoms with Crippen LogP contribution in [0.4, 0.5) is 17.1 Å². The smallest absolute Gasteiger partial charge is 0.240 e. The fourth-order valence-electron chi connectivity index (χ4n) is 0.988. The van der Waals surface area contributed by atoms with Crippen LogP contribution in [-0.4, -0.2) is 12.2 Å². The summed E-state index contributed by atoms with van der Waals surface area (Å²) in [7, 11) is 0. The SMILES string of the molecule is Cc1c(N)cc(N=C=O)cc1N=C=O. The van der Waals surface area contributed by atoms with Crippen molar-refractivity contribution in [2.24, 2.45) is 9.98 Å². The van der Waals surface area contributed by atoms with Crippen LogP contribution in [0.15, 0.2) is 22.1 Å². The summed E-state index contributed by atoms with van der Waals surface area (Å²) in [6.45, 7) is 1.71. The van der Waals surface area contributed by atoms with Gasteiger partial charge in [0.05, 0.1) is 11.4 Å². The van der Waals surface area contributed by atoms with Gasteiger partial charge in [0.2, 0.25) is 12.2 Å². The Balaban J connectivity index is 3.41. The van der Waals surface area contributed by atoms with Crippen LogP contribution >= 0.6 is 0 Å². The second kappa shape index (κ2) is 4.14. The van der Waals surface area contributed by atoms with E-state index in [1.165, 1.54) is 24.3 Å². The van der Waals surface area contributed by atoms with Gasteiger partial charge < -0.3 is 5.73 Å². The number of benzene rings is 1. The maximum atomic E-state index is 10.1. The molecule has 0 saturated heterocycles. The monoisotopic (exact) mass is 189 g/mol. The molecule has 0 radical (unpaired) electrons. The number of rotatable bonds is 2. The van der Waals surface area contributed by atoms with Crippen LogP contribution in [-0.2, 0) is 9.59 Å². The van der Waals surface area contributed by atoms with Crippen LogP contribution in [0, 0.1) is 6.92 Å². The van der Waals surface area contributed by atoms with Crippen LogP contribution in [0.2, 0.25) is 0 Å². The molecular formula is C9H7N3O2. The number of hydrogen-bond donors (Lipinski definition) is 1. The number of nitrogens with two attached hydrogens (primary N) is 1. The normalized spacial score (nSPS) is 8.64. The number of anilines is 1. The van der Waals surface area contributed by atoms with E-state index < -0.39 is 0 Å². The van der Waals surface area contributed by atoms with Gasteiger partial charge >= 0.3 is 0 Å². The van der Waals surface area contributed by atoms with Gasteiger partial charge in [-0.15, -0.1) is 0 Å². The lowest BCUT2D eigenvalue weighted by atomic mass is 10.1. The molecular weight excluding hydrogens is 182 g/mol. The Morgan fingerprint density at radius 2 is 1.86 bits per heavy atom. The lowest BCUT2D eigenvalue weighted by Crippen LogP contribution is -1.88. The first-order chi connectivity index (χ1) is 6.69. The highest BCUT2D eigenvalue weighted by Gasteiger charge is 2.03. The summed E-state index contributed by atoms with van der Waals surface area (Å²) in [5.41, 5.74) is 7.34. The lowest BCUT2D eigenvalue weighted by Gasteiger charge is -2.03. The number of carbonyl (C=O) groups excluding carboxylic acids is 2. The minimum absolute atomic E-state index is 0.317. The first-order valence-electron chi connectivity index (χ1n) is 3.75.